The quantitative estimate of drug-likeness (QED) is 0.418. The number of anilines is 1. The number of rotatable bonds is 5. The average molecular weight is 293 g/mol. The normalized spacial score (nSPS) is 18.5. The molecule has 2 rings (SSSR count). The van der Waals surface area contributed by atoms with Gasteiger partial charge in [0.25, 0.3) is 11.6 Å². The number of hydrogen-bond donors (Lipinski definition) is 3. The summed E-state index contributed by atoms with van der Waals surface area (Å²) < 4.78 is 0. The van der Waals surface area contributed by atoms with Gasteiger partial charge in [-0.2, -0.15) is 0 Å². The molecule has 8 heteroatoms. The molecule has 4 N–H and O–H groups in total. The van der Waals surface area contributed by atoms with Gasteiger partial charge < -0.3 is 15.6 Å². The predicted molar refractivity (Wildman–Crippen MR) is 78.9 cm³/mol. The average Bonchev–Trinajstić information content (AvgIpc) is 2.89. The zero-order valence-corrected chi connectivity index (χ0v) is 11.8. The number of likely N-dealkylation sites (tertiary alicyclic amines) is 1. The largest absolute Gasteiger partial charge is 0.350 e. The van der Waals surface area contributed by atoms with Crippen molar-refractivity contribution < 1.29 is 9.72 Å². The van der Waals surface area contributed by atoms with E-state index in [1.165, 1.54) is 18.2 Å². The van der Waals surface area contributed by atoms with Crippen molar-refractivity contribution in [3.63, 3.8) is 0 Å². The zero-order valence-electron chi connectivity index (χ0n) is 11.8. The molecule has 0 radical (unpaired) electrons. The summed E-state index contributed by atoms with van der Waals surface area (Å²) in [5, 5.41) is 13.8. The highest BCUT2D eigenvalue weighted by atomic mass is 16.6. The molecule has 1 saturated heterocycles. The number of nitro groups is 1. The van der Waals surface area contributed by atoms with E-state index in [9.17, 15) is 14.9 Å². The number of carbonyl (C=O) groups excluding carboxylic acids is 1. The first kappa shape index (κ1) is 15.2. The van der Waals surface area contributed by atoms with Crippen molar-refractivity contribution in [2.24, 2.45) is 5.84 Å². The molecule has 1 atom stereocenters. The second-order valence-electron chi connectivity index (χ2n) is 5.12. The predicted octanol–water partition coefficient (Wildman–Crippen LogP) is 0.704. The molecule has 1 aliphatic heterocycles. The third kappa shape index (κ3) is 3.47. The first-order valence-electron chi connectivity index (χ1n) is 6.76. The van der Waals surface area contributed by atoms with Crippen LogP contribution >= 0.6 is 0 Å². The first-order valence-corrected chi connectivity index (χ1v) is 6.76. The number of hydrazine groups is 1. The molecule has 1 amide bonds. The Kier molecular flexibility index (Phi) is 4.71. The van der Waals surface area contributed by atoms with Crippen LogP contribution in [0.4, 0.5) is 11.4 Å². The summed E-state index contributed by atoms with van der Waals surface area (Å²) in [6.45, 7) is 1.57. The van der Waals surface area contributed by atoms with Crippen molar-refractivity contribution >= 4 is 17.3 Å². The number of nitro benzene ring substituents is 1. The summed E-state index contributed by atoms with van der Waals surface area (Å²) in [6.07, 6.45) is 2.17. The van der Waals surface area contributed by atoms with Gasteiger partial charge in [0.15, 0.2) is 0 Å². The maximum Gasteiger partial charge on any atom is 0.294 e. The summed E-state index contributed by atoms with van der Waals surface area (Å²) in [4.78, 5) is 24.6. The Bertz CT molecular complexity index is 549. The Morgan fingerprint density at radius 3 is 2.90 bits per heavy atom. The molecule has 0 bridgehead atoms. The van der Waals surface area contributed by atoms with Crippen LogP contribution < -0.4 is 16.6 Å². The summed E-state index contributed by atoms with van der Waals surface area (Å²) >= 11 is 0. The fourth-order valence-electron chi connectivity index (χ4n) is 2.50. The third-order valence-corrected chi connectivity index (χ3v) is 3.78. The molecular formula is C13H19N5O3. The van der Waals surface area contributed by atoms with Crippen LogP contribution in [0.1, 0.15) is 23.2 Å². The van der Waals surface area contributed by atoms with Gasteiger partial charge in [-0.15, -0.1) is 0 Å². The molecule has 1 heterocycles. The van der Waals surface area contributed by atoms with Gasteiger partial charge in [0.2, 0.25) is 0 Å². The van der Waals surface area contributed by atoms with Crippen LogP contribution in [0, 0.1) is 10.1 Å². The smallest absolute Gasteiger partial charge is 0.294 e. The molecule has 0 spiro atoms. The number of likely N-dealkylation sites (N-methyl/N-ethyl adjacent to an activating group) is 1. The van der Waals surface area contributed by atoms with E-state index in [0.717, 1.165) is 19.4 Å². The number of benzene rings is 1. The number of nitrogens with one attached hydrogen (secondary N) is 2. The van der Waals surface area contributed by atoms with E-state index in [1.54, 1.807) is 0 Å². The highest BCUT2D eigenvalue weighted by molar-refractivity contribution is 5.95. The fraction of sp³-hybridized carbons (Fsp3) is 0.462. The van der Waals surface area contributed by atoms with Gasteiger partial charge in [0, 0.05) is 24.2 Å². The standard InChI is InChI=1S/C13H19N5O3/c1-17-6-2-3-10(17)8-15-13(19)9-4-5-11(16-14)12(7-9)18(20)21/h4-5,7,10,16H,2-3,6,8,14H2,1H3,(H,15,19). The van der Waals surface area contributed by atoms with Gasteiger partial charge in [-0.05, 0) is 38.6 Å². The lowest BCUT2D eigenvalue weighted by Gasteiger charge is -2.19. The van der Waals surface area contributed by atoms with Gasteiger partial charge >= 0.3 is 0 Å². The van der Waals surface area contributed by atoms with Gasteiger partial charge in [0.05, 0.1) is 4.92 Å². The number of amides is 1. The zero-order chi connectivity index (χ0) is 15.4. The molecule has 0 aromatic heterocycles. The number of nitrogens with zero attached hydrogens (tertiary/aromatic N) is 2. The summed E-state index contributed by atoms with van der Waals surface area (Å²) in [5.74, 6) is 4.89. The maximum atomic E-state index is 12.1. The molecule has 0 aliphatic carbocycles. The molecule has 1 aromatic rings. The van der Waals surface area contributed by atoms with E-state index >= 15 is 0 Å². The van der Waals surface area contributed by atoms with E-state index in [1.807, 2.05) is 7.05 Å². The van der Waals surface area contributed by atoms with Crippen molar-refractivity contribution in [2.75, 3.05) is 25.6 Å². The van der Waals surface area contributed by atoms with E-state index < -0.39 is 4.92 Å². The number of hydrogen-bond acceptors (Lipinski definition) is 6. The second kappa shape index (κ2) is 6.51. The third-order valence-electron chi connectivity index (χ3n) is 3.78. The van der Waals surface area contributed by atoms with Crippen LogP contribution in [0.5, 0.6) is 0 Å². The number of carbonyl (C=O) groups is 1. The fourth-order valence-corrected chi connectivity index (χ4v) is 2.50. The van der Waals surface area contributed by atoms with Gasteiger partial charge in [-0.1, -0.05) is 0 Å². The summed E-state index contributed by atoms with van der Waals surface area (Å²) in [7, 11) is 2.02. The van der Waals surface area contributed by atoms with Crippen LogP contribution in [0.3, 0.4) is 0 Å². The Morgan fingerprint density at radius 1 is 1.57 bits per heavy atom. The summed E-state index contributed by atoms with van der Waals surface area (Å²) in [6, 6.07) is 4.49. The van der Waals surface area contributed by atoms with Crippen LogP contribution in [-0.4, -0.2) is 41.9 Å². The minimum absolute atomic E-state index is 0.173. The lowest BCUT2D eigenvalue weighted by molar-refractivity contribution is -0.384. The minimum Gasteiger partial charge on any atom is -0.350 e. The Morgan fingerprint density at radius 2 is 2.33 bits per heavy atom. The van der Waals surface area contributed by atoms with Crippen molar-refractivity contribution in [1.29, 1.82) is 0 Å². The molecule has 1 unspecified atom stereocenters. The van der Waals surface area contributed by atoms with E-state index in [2.05, 4.69) is 15.6 Å². The van der Waals surface area contributed by atoms with E-state index in [4.69, 9.17) is 5.84 Å². The Hall–Kier alpha value is -2.19. The molecule has 1 aromatic carbocycles. The van der Waals surface area contributed by atoms with Crippen molar-refractivity contribution in [3.05, 3.63) is 33.9 Å². The number of nitrogen functional groups attached to an aromatic ring is 1. The molecule has 114 valence electrons. The van der Waals surface area contributed by atoms with Crippen molar-refractivity contribution in [3.8, 4) is 0 Å². The summed E-state index contributed by atoms with van der Waals surface area (Å²) in [5.41, 5.74) is 2.45. The van der Waals surface area contributed by atoms with Crippen LogP contribution in [0.25, 0.3) is 0 Å². The number of nitrogens with two attached hydrogens (primary N) is 1. The van der Waals surface area contributed by atoms with E-state index in [0.29, 0.717) is 12.6 Å². The second-order valence-corrected chi connectivity index (χ2v) is 5.12. The molecular weight excluding hydrogens is 274 g/mol. The highest BCUT2D eigenvalue weighted by Gasteiger charge is 2.22. The SMILES string of the molecule is CN1CCCC1CNC(=O)c1ccc(NN)c([N+](=O)[O-])c1. The van der Waals surface area contributed by atoms with Crippen LogP contribution in [0.15, 0.2) is 18.2 Å². The van der Waals surface area contributed by atoms with Gasteiger partial charge in [-0.25, -0.2) is 0 Å². The molecule has 1 aliphatic rings. The molecule has 8 nitrogen and oxygen atoms in total. The topological polar surface area (TPSA) is 114 Å². The van der Waals surface area contributed by atoms with Crippen molar-refractivity contribution in [2.45, 2.75) is 18.9 Å². The minimum atomic E-state index is -0.573. The highest BCUT2D eigenvalue weighted by Crippen LogP contribution is 2.24. The van der Waals surface area contributed by atoms with E-state index in [-0.39, 0.29) is 22.8 Å². The molecule has 21 heavy (non-hydrogen) atoms. The van der Waals surface area contributed by atoms with Gasteiger partial charge in [0.1, 0.15) is 5.69 Å². The first-order chi connectivity index (χ1) is 10.0. The monoisotopic (exact) mass is 293 g/mol. The Labute approximate surface area is 122 Å². The lowest BCUT2D eigenvalue weighted by atomic mass is 10.1. The maximum absolute atomic E-state index is 12.1. The Balaban J connectivity index is 2.05. The van der Waals surface area contributed by atoms with Gasteiger partial charge in [-0.3, -0.25) is 20.8 Å². The van der Waals surface area contributed by atoms with Crippen LogP contribution in [0.2, 0.25) is 0 Å². The molecule has 0 saturated carbocycles. The van der Waals surface area contributed by atoms with Crippen LogP contribution in [-0.2, 0) is 0 Å². The lowest BCUT2D eigenvalue weighted by Crippen LogP contribution is -2.38. The molecule has 1 fully saturated rings. The van der Waals surface area contributed by atoms with Crippen molar-refractivity contribution in [1.82, 2.24) is 10.2 Å².